The Hall–Kier alpha value is -2.41. The quantitative estimate of drug-likeness (QED) is 0.888. The van der Waals surface area contributed by atoms with Crippen molar-refractivity contribution in [3.8, 4) is 12.1 Å². The van der Waals surface area contributed by atoms with Gasteiger partial charge in [0.2, 0.25) is 0 Å². The number of hydrogen-bond donors (Lipinski definition) is 1. The molecule has 2 fully saturated rings. The molecule has 0 unspecified atom stereocenters. The summed E-state index contributed by atoms with van der Waals surface area (Å²) in [5, 5.41) is 20.5. The second kappa shape index (κ2) is 5.10. The molecule has 0 amide bonds. The zero-order valence-corrected chi connectivity index (χ0v) is 16.1. The second-order valence-corrected chi connectivity index (χ2v) is 8.80. The number of fused-ring (bicyclic) bond motifs is 2. The van der Waals surface area contributed by atoms with Gasteiger partial charge in [-0.3, -0.25) is 0 Å². The first-order valence-electron chi connectivity index (χ1n) is 9.22. The molecule has 2 N–H and O–H groups in total. The predicted octanol–water partition coefficient (Wildman–Crippen LogP) is 2.85. The summed E-state index contributed by atoms with van der Waals surface area (Å²) in [4.78, 5) is 4.39. The molecule has 1 saturated heterocycles. The monoisotopic (exact) mass is 364 g/mol. The Morgan fingerprint density at radius 1 is 1.26 bits per heavy atom. The fraction of sp³-hybridized carbons (Fsp3) is 0.571. The van der Waals surface area contributed by atoms with E-state index in [1.54, 1.807) is 0 Å². The van der Waals surface area contributed by atoms with Crippen molar-refractivity contribution in [1.29, 1.82) is 10.5 Å². The molecule has 0 bridgehead atoms. The van der Waals surface area contributed by atoms with Crippen LogP contribution in [0.1, 0.15) is 39.7 Å². The second-order valence-electron chi connectivity index (χ2n) is 8.80. The van der Waals surface area contributed by atoms with E-state index in [4.69, 9.17) is 15.2 Å². The smallest absolute Gasteiger partial charge is 0.293 e. The van der Waals surface area contributed by atoms with Crippen molar-refractivity contribution in [2.45, 2.75) is 51.5 Å². The maximum atomic E-state index is 10.3. The minimum absolute atomic E-state index is 0.145. The van der Waals surface area contributed by atoms with E-state index in [1.807, 2.05) is 32.0 Å². The van der Waals surface area contributed by atoms with Crippen LogP contribution in [0.2, 0.25) is 0 Å². The molecule has 4 rings (SSSR count). The standard InChI is InChI=1S/C21H24N4O2/c1-14-10-26-21(27-14)20(13-23)18(4,19(20,12-22)16(24)25-21)11-17(2,3)15-8-6-5-7-9-15/h5-9,14H,10-11H2,1-4H3,(H2,24,25)/t14-,18+,19+,20-,21-/m1/s1. The van der Waals surface area contributed by atoms with Gasteiger partial charge in [-0.2, -0.15) is 10.5 Å². The van der Waals surface area contributed by atoms with E-state index >= 15 is 0 Å². The average molecular weight is 364 g/mol. The molecule has 140 valence electrons. The maximum Gasteiger partial charge on any atom is 0.293 e. The lowest BCUT2D eigenvalue weighted by Gasteiger charge is -2.35. The molecule has 1 aliphatic carbocycles. The summed E-state index contributed by atoms with van der Waals surface area (Å²) < 4.78 is 11.9. The van der Waals surface area contributed by atoms with Crippen LogP contribution in [-0.4, -0.2) is 24.5 Å². The molecular weight excluding hydrogens is 340 g/mol. The lowest BCUT2D eigenvalue weighted by atomic mass is 9.72. The van der Waals surface area contributed by atoms with Gasteiger partial charge in [-0.25, -0.2) is 4.99 Å². The summed E-state index contributed by atoms with van der Waals surface area (Å²) in [7, 11) is 0. The third-order valence-electron chi connectivity index (χ3n) is 6.84. The van der Waals surface area contributed by atoms with Gasteiger partial charge in [-0.15, -0.1) is 0 Å². The van der Waals surface area contributed by atoms with E-state index in [0.717, 1.165) is 5.56 Å². The summed E-state index contributed by atoms with van der Waals surface area (Å²) in [6.07, 6.45) is 0.359. The average Bonchev–Trinajstić information content (AvgIpc) is 2.82. The molecular formula is C21H24N4O2. The van der Waals surface area contributed by atoms with Gasteiger partial charge in [0.25, 0.3) is 5.91 Å². The molecule has 2 heterocycles. The van der Waals surface area contributed by atoms with Crippen molar-refractivity contribution in [1.82, 2.24) is 0 Å². The number of aliphatic imine (C=N–C) groups is 1. The first kappa shape index (κ1) is 18.0. The maximum absolute atomic E-state index is 10.3. The highest BCUT2D eigenvalue weighted by Gasteiger charge is 3.00. The van der Waals surface area contributed by atoms with Gasteiger partial charge in [-0.05, 0) is 24.3 Å². The van der Waals surface area contributed by atoms with Crippen LogP contribution in [0.15, 0.2) is 35.3 Å². The van der Waals surface area contributed by atoms with Crippen LogP contribution in [0, 0.1) is 38.9 Å². The van der Waals surface area contributed by atoms with Gasteiger partial charge >= 0.3 is 0 Å². The third-order valence-corrected chi connectivity index (χ3v) is 6.84. The molecule has 1 spiro atoms. The van der Waals surface area contributed by atoms with Gasteiger partial charge in [0.1, 0.15) is 11.3 Å². The summed E-state index contributed by atoms with van der Waals surface area (Å²) in [6, 6.07) is 14.8. The summed E-state index contributed by atoms with van der Waals surface area (Å²) in [5.74, 6) is -1.35. The van der Waals surface area contributed by atoms with Crippen molar-refractivity contribution in [3.63, 3.8) is 0 Å². The molecule has 1 saturated carbocycles. The lowest BCUT2D eigenvalue weighted by molar-refractivity contribution is -0.200. The fourth-order valence-electron chi connectivity index (χ4n) is 5.68. The van der Waals surface area contributed by atoms with E-state index in [1.165, 1.54) is 0 Å². The SMILES string of the molecule is C[C@@H]1CO[C@@]2(N=C(N)[C@@]3(C#N)[C@](C)(CC(C)(C)c4ccccc4)[C@@]23C#N)O1. The van der Waals surface area contributed by atoms with E-state index < -0.39 is 22.2 Å². The summed E-state index contributed by atoms with van der Waals surface area (Å²) >= 11 is 0. The Bertz CT molecular complexity index is 914. The largest absolute Gasteiger partial charge is 0.386 e. The van der Waals surface area contributed by atoms with E-state index in [-0.39, 0.29) is 17.4 Å². The Kier molecular flexibility index (Phi) is 3.39. The van der Waals surface area contributed by atoms with Gasteiger partial charge < -0.3 is 15.2 Å². The van der Waals surface area contributed by atoms with Crippen molar-refractivity contribution in [2.24, 2.45) is 27.0 Å². The van der Waals surface area contributed by atoms with Gasteiger partial charge in [0.05, 0.1) is 24.8 Å². The fourth-order valence-corrected chi connectivity index (χ4v) is 5.68. The zero-order valence-electron chi connectivity index (χ0n) is 16.1. The molecule has 1 aromatic rings. The first-order valence-corrected chi connectivity index (χ1v) is 9.22. The van der Waals surface area contributed by atoms with Crippen molar-refractivity contribution in [2.75, 3.05) is 6.61 Å². The minimum Gasteiger partial charge on any atom is -0.386 e. The molecule has 6 heteroatoms. The highest BCUT2D eigenvalue weighted by atomic mass is 16.8. The molecule has 5 atom stereocenters. The molecule has 0 radical (unpaired) electrons. The number of nitriles is 2. The van der Waals surface area contributed by atoms with Crippen LogP contribution < -0.4 is 5.73 Å². The molecule has 2 aliphatic heterocycles. The number of benzene rings is 1. The van der Waals surface area contributed by atoms with Crippen LogP contribution in [0.4, 0.5) is 0 Å². The number of nitrogens with zero attached hydrogens (tertiary/aromatic N) is 3. The first-order chi connectivity index (χ1) is 12.7. The lowest BCUT2D eigenvalue weighted by Crippen LogP contribution is -2.42. The van der Waals surface area contributed by atoms with Crippen molar-refractivity contribution in [3.05, 3.63) is 35.9 Å². The Balaban J connectivity index is 1.83. The van der Waals surface area contributed by atoms with E-state index in [9.17, 15) is 10.5 Å². The van der Waals surface area contributed by atoms with Gasteiger partial charge in [0.15, 0.2) is 5.41 Å². The topological polar surface area (TPSA) is 104 Å². The zero-order chi connectivity index (χ0) is 19.7. The number of ether oxygens (including phenoxy) is 2. The Morgan fingerprint density at radius 3 is 2.44 bits per heavy atom. The number of amidine groups is 1. The highest BCUT2D eigenvalue weighted by Crippen LogP contribution is 2.87. The molecule has 0 aromatic heterocycles. The molecule has 3 aliphatic rings. The third kappa shape index (κ3) is 1.74. The van der Waals surface area contributed by atoms with Crippen molar-refractivity contribution < 1.29 is 9.47 Å². The normalized spacial score (nSPS) is 42.3. The van der Waals surface area contributed by atoms with Gasteiger partial charge in [-0.1, -0.05) is 51.1 Å². The summed E-state index contributed by atoms with van der Waals surface area (Å²) in [5.41, 5.74) is 3.91. The van der Waals surface area contributed by atoms with Crippen LogP contribution in [0.3, 0.4) is 0 Å². The van der Waals surface area contributed by atoms with Crippen molar-refractivity contribution >= 4 is 5.84 Å². The van der Waals surface area contributed by atoms with Crippen LogP contribution in [0.25, 0.3) is 0 Å². The van der Waals surface area contributed by atoms with Crippen LogP contribution >= 0.6 is 0 Å². The Morgan fingerprint density at radius 2 is 1.93 bits per heavy atom. The molecule has 1 aromatic carbocycles. The number of rotatable bonds is 3. The Labute approximate surface area is 159 Å². The predicted molar refractivity (Wildman–Crippen MR) is 99.1 cm³/mol. The minimum atomic E-state index is -1.50. The number of nitrogens with two attached hydrogens (primary N) is 1. The van der Waals surface area contributed by atoms with Crippen LogP contribution in [-0.2, 0) is 14.9 Å². The summed E-state index contributed by atoms with van der Waals surface area (Å²) in [6.45, 7) is 8.38. The van der Waals surface area contributed by atoms with E-state index in [2.05, 4.69) is 43.1 Å². The highest BCUT2D eigenvalue weighted by molar-refractivity contribution is 6.00. The molecule has 6 nitrogen and oxygen atoms in total. The van der Waals surface area contributed by atoms with Crippen LogP contribution in [0.5, 0.6) is 0 Å². The molecule has 27 heavy (non-hydrogen) atoms. The van der Waals surface area contributed by atoms with Gasteiger partial charge in [0, 0.05) is 5.41 Å². The van der Waals surface area contributed by atoms with E-state index in [0.29, 0.717) is 13.0 Å². The number of hydrogen-bond acceptors (Lipinski definition) is 6.